The molecule has 92 valence electrons. The van der Waals surface area contributed by atoms with E-state index in [2.05, 4.69) is 27.7 Å². The van der Waals surface area contributed by atoms with Gasteiger partial charge in [-0.15, -0.1) is 21.9 Å². The van der Waals surface area contributed by atoms with E-state index < -0.39 is 13.0 Å². The highest BCUT2D eigenvalue weighted by Gasteiger charge is 2.26. The Balaban J connectivity index is 3.99. The molecule has 0 bridgehead atoms. The van der Waals surface area contributed by atoms with Crippen LogP contribution in [0, 0.1) is 0 Å². The first-order valence-electron chi connectivity index (χ1n) is 7.54. The Labute approximate surface area is 146 Å². The zero-order valence-electron chi connectivity index (χ0n) is 13.9. The summed E-state index contributed by atoms with van der Waals surface area (Å²) in [5, 5.41) is 0. The van der Waals surface area contributed by atoms with Crippen LogP contribution >= 0.6 is 0 Å². The van der Waals surface area contributed by atoms with Crippen LogP contribution in [0.5, 0.6) is 0 Å². The van der Waals surface area contributed by atoms with Gasteiger partial charge in [-0.2, -0.15) is 0 Å². The van der Waals surface area contributed by atoms with Gasteiger partial charge in [0.25, 0.3) is 0 Å². The van der Waals surface area contributed by atoms with Gasteiger partial charge in [0.2, 0.25) is 0 Å². The number of hydrogen-bond donors (Lipinski definition) is 0. The highest BCUT2D eigenvalue weighted by molar-refractivity contribution is 7.52. The molecule has 0 aliphatic carbocycles. The fraction of sp³-hybridized carbons (Fsp3) is 0.500. The summed E-state index contributed by atoms with van der Waals surface area (Å²) in [5.41, 5.74) is 4.86. The highest BCUT2D eigenvalue weighted by atomic mass is 14.2. The molecule has 0 heterocycles. The smallest absolute Gasteiger partial charge is 0.113 e. The van der Waals surface area contributed by atoms with Crippen LogP contribution in [0.1, 0.15) is 50.7 Å². The molecule has 10 heteroatoms. The molecule has 0 aromatic heterocycles. The van der Waals surface area contributed by atoms with Gasteiger partial charge in [0.15, 0.2) is 0 Å². The molecule has 0 saturated carbocycles. The lowest BCUT2D eigenvalue weighted by atomic mass is 9.00. The third kappa shape index (κ3) is 3.68. The van der Waals surface area contributed by atoms with Gasteiger partial charge < -0.3 is 0 Å². The second-order valence-corrected chi connectivity index (χ2v) is 6.20. The maximum absolute atomic E-state index is 6.39. The number of hydrogen-bond acceptors (Lipinski definition) is 0. The SMILES string of the molecule is [B][B]B([B])c1c([B][B])c([B])c(C(C)C)c(C(C)C)c1B([B])[B]. The Hall–Kier alpha value is -0.131. The Morgan fingerprint density at radius 3 is 1.68 bits per heavy atom. The minimum atomic E-state index is -0.685. The van der Waals surface area contributed by atoms with Crippen LogP contribution in [0.15, 0.2) is 0 Å². The van der Waals surface area contributed by atoms with Gasteiger partial charge >= 0.3 is 0 Å². The van der Waals surface area contributed by atoms with Crippen LogP contribution < -0.4 is 21.9 Å². The summed E-state index contributed by atoms with van der Waals surface area (Å²) in [4.78, 5) is 0. The average molecular weight is 266 g/mol. The van der Waals surface area contributed by atoms with E-state index in [0.29, 0.717) is 16.4 Å². The summed E-state index contributed by atoms with van der Waals surface area (Å²) < 4.78 is 0. The molecule has 0 nitrogen and oxygen atoms in total. The molecule has 0 saturated heterocycles. The van der Waals surface area contributed by atoms with Gasteiger partial charge in [0, 0.05) is 45.7 Å². The van der Waals surface area contributed by atoms with E-state index in [1.54, 1.807) is 0 Å². The quantitative estimate of drug-likeness (QED) is 0.477. The number of benzene rings is 1. The van der Waals surface area contributed by atoms with E-state index in [4.69, 9.17) is 46.5 Å². The lowest BCUT2D eigenvalue weighted by molar-refractivity contribution is 0.801. The summed E-state index contributed by atoms with van der Waals surface area (Å²) in [6, 6.07) is 0. The van der Waals surface area contributed by atoms with E-state index in [0.717, 1.165) is 16.6 Å². The second-order valence-electron chi connectivity index (χ2n) is 6.20. The van der Waals surface area contributed by atoms with Crippen molar-refractivity contribution in [1.29, 1.82) is 0 Å². The van der Waals surface area contributed by atoms with Crippen LogP contribution in [0.3, 0.4) is 0 Å². The van der Waals surface area contributed by atoms with Gasteiger partial charge in [-0.3, -0.25) is 0 Å². The molecule has 1 rings (SSSR count). The summed E-state index contributed by atoms with van der Waals surface area (Å²) in [5.74, 6) is 0.403. The van der Waals surface area contributed by atoms with Crippen molar-refractivity contribution in [3.05, 3.63) is 11.1 Å². The molecule has 0 aliphatic rings. The van der Waals surface area contributed by atoms with Gasteiger partial charge in [-0.1, -0.05) is 38.8 Å². The molecule has 0 unspecified atom stereocenters. The predicted octanol–water partition coefficient (Wildman–Crippen LogP) is -3.18. The summed E-state index contributed by atoms with van der Waals surface area (Å²) >= 11 is 0. The van der Waals surface area contributed by atoms with Crippen molar-refractivity contribution in [1.82, 2.24) is 0 Å². The van der Waals surface area contributed by atoms with Gasteiger partial charge in [-0.05, 0) is 11.8 Å². The van der Waals surface area contributed by atoms with E-state index in [-0.39, 0.29) is 11.8 Å². The largest absolute Gasteiger partial charge is 0.113 e. The fourth-order valence-corrected chi connectivity index (χ4v) is 3.11. The topological polar surface area (TPSA) is 0 Å². The maximum atomic E-state index is 6.39. The van der Waals surface area contributed by atoms with E-state index >= 15 is 0 Å². The molecule has 0 aliphatic heterocycles. The van der Waals surface area contributed by atoms with Crippen molar-refractivity contribution in [2.75, 3.05) is 0 Å². The Bertz CT molecular complexity index is 525. The van der Waals surface area contributed by atoms with Crippen molar-refractivity contribution in [3.63, 3.8) is 0 Å². The number of rotatable bonds is 6. The van der Waals surface area contributed by atoms with Crippen LogP contribution in [-0.2, 0) is 0 Å². The van der Waals surface area contributed by atoms with Crippen molar-refractivity contribution >= 4 is 95.6 Å². The summed E-state index contributed by atoms with van der Waals surface area (Å²) in [6.07, 6.45) is 0. The Morgan fingerprint density at radius 1 is 0.864 bits per heavy atom. The van der Waals surface area contributed by atoms with Gasteiger partial charge in [-0.25, -0.2) is 0 Å². The minimum absolute atomic E-state index is 0.194. The molecule has 1 aromatic carbocycles. The zero-order valence-corrected chi connectivity index (χ0v) is 13.9. The molecule has 0 atom stereocenters. The van der Waals surface area contributed by atoms with E-state index in [1.165, 1.54) is 14.2 Å². The second kappa shape index (κ2) is 8.11. The molecule has 1 aromatic rings. The maximum Gasteiger partial charge on any atom is 0.113 e. The van der Waals surface area contributed by atoms with Crippen LogP contribution in [0.4, 0.5) is 0 Å². The first-order valence-corrected chi connectivity index (χ1v) is 7.54. The molecule has 0 amide bonds. The van der Waals surface area contributed by atoms with Crippen molar-refractivity contribution in [2.45, 2.75) is 39.5 Å². The van der Waals surface area contributed by atoms with Gasteiger partial charge in [0.1, 0.15) is 7.85 Å². The molecule has 14 radical (unpaired) electrons. The van der Waals surface area contributed by atoms with Crippen molar-refractivity contribution in [2.24, 2.45) is 0 Å². The summed E-state index contributed by atoms with van der Waals surface area (Å²) in [7, 11) is 39.0. The highest BCUT2D eigenvalue weighted by Crippen LogP contribution is 2.22. The Kier molecular flexibility index (Phi) is 7.34. The minimum Gasteiger partial charge on any atom is -0.113 e. The molecule has 0 fully saturated rings. The summed E-state index contributed by atoms with van der Waals surface area (Å²) in [6.45, 7) is 7.10. The van der Waals surface area contributed by atoms with Crippen LogP contribution in [0.2, 0.25) is 0 Å². The first-order chi connectivity index (χ1) is 10.2. The molecule has 22 heavy (non-hydrogen) atoms. The van der Waals surface area contributed by atoms with Gasteiger partial charge in [0.05, 0.1) is 20.2 Å². The normalized spacial score (nSPS) is 10.8. The van der Waals surface area contributed by atoms with Crippen molar-refractivity contribution < 1.29 is 0 Å². The predicted molar refractivity (Wildman–Crippen MR) is 111 cm³/mol. The molecule has 0 spiro atoms. The molecular weight excluding hydrogens is 252 g/mol. The van der Waals surface area contributed by atoms with Crippen LogP contribution in [0.25, 0.3) is 0 Å². The van der Waals surface area contributed by atoms with E-state index in [9.17, 15) is 0 Å². The Morgan fingerprint density at radius 2 is 1.36 bits per heavy atom. The van der Waals surface area contributed by atoms with Crippen LogP contribution in [-0.4, -0.2) is 73.8 Å². The fourth-order valence-electron chi connectivity index (χ4n) is 3.11. The third-order valence-corrected chi connectivity index (χ3v) is 3.94. The molecular formula is C12H14B10. The van der Waals surface area contributed by atoms with E-state index in [1.807, 2.05) is 0 Å². The lowest BCUT2D eigenvalue weighted by Crippen LogP contribution is -2.66. The first kappa shape index (κ1) is 19.9. The standard InChI is InChI=1S/C12H14B10/c1-5(2)7-8(6(3)4)11(21(16)17)12(22(18)20-15)10(19-14)9(7)13/h5-6H,1-4H3. The monoisotopic (exact) mass is 268 g/mol. The third-order valence-electron chi connectivity index (χ3n) is 3.94. The zero-order chi connectivity index (χ0) is 17.2. The molecule has 0 N–H and O–H groups in total. The lowest BCUT2D eigenvalue weighted by Gasteiger charge is -2.33. The average Bonchev–Trinajstić information content (AvgIpc) is 2.43. The van der Waals surface area contributed by atoms with Crippen molar-refractivity contribution in [3.8, 4) is 0 Å².